The van der Waals surface area contributed by atoms with Gasteiger partial charge >= 0.3 is 0 Å². The van der Waals surface area contributed by atoms with Crippen molar-refractivity contribution < 1.29 is 9.47 Å². The van der Waals surface area contributed by atoms with Gasteiger partial charge in [-0.25, -0.2) is 0 Å². The second-order valence-electron chi connectivity index (χ2n) is 3.59. The Labute approximate surface area is 89.7 Å². The highest BCUT2D eigenvalue weighted by Crippen LogP contribution is 2.28. The van der Waals surface area contributed by atoms with Crippen molar-refractivity contribution in [1.82, 2.24) is 5.32 Å². The Morgan fingerprint density at radius 2 is 2.13 bits per heavy atom. The zero-order valence-corrected chi connectivity index (χ0v) is 8.82. The van der Waals surface area contributed by atoms with Gasteiger partial charge < -0.3 is 14.8 Å². The third-order valence-electron chi connectivity index (χ3n) is 2.50. The van der Waals surface area contributed by atoms with Crippen molar-refractivity contribution in [3.05, 3.63) is 42.0 Å². The highest BCUT2D eigenvalue weighted by molar-refractivity contribution is 5.36. The maximum Gasteiger partial charge on any atom is 0.188 e. The van der Waals surface area contributed by atoms with Crippen LogP contribution in [-0.4, -0.2) is 20.4 Å². The fourth-order valence-corrected chi connectivity index (χ4v) is 1.59. The maximum atomic E-state index is 5.30. The zero-order chi connectivity index (χ0) is 10.7. The zero-order valence-electron chi connectivity index (χ0n) is 8.82. The van der Waals surface area contributed by atoms with E-state index in [-0.39, 0.29) is 6.79 Å². The average Bonchev–Trinajstić information content (AvgIpc) is 2.26. The lowest BCUT2D eigenvalue weighted by Crippen LogP contribution is -2.37. The van der Waals surface area contributed by atoms with Gasteiger partial charge in [-0.15, -0.1) is 0 Å². The summed E-state index contributed by atoms with van der Waals surface area (Å²) in [6.45, 7) is 5.19. The van der Waals surface area contributed by atoms with Crippen molar-refractivity contribution in [2.24, 2.45) is 0 Å². The Bertz CT molecular complexity index is 345. The first-order valence-corrected chi connectivity index (χ1v) is 4.94. The number of nitrogens with one attached hydrogen (secondary N) is 1. The molecule has 1 aliphatic heterocycles. The monoisotopic (exact) mass is 205 g/mol. The lowest BCUT2D eigenvalue weighted by atomic mass is 9.93. The number of hydrogen-bond donors (Lipinski definition) is 1. The third kappa shape index (κ3) is 2.19. The highest BCUT2D eigenvalue weighted by atomic mass is 16.7. The van der Waals surface area contributed by atoms with Gasteiger partial charge in [0.15, 0.2) is 6.79 Å². The van der Waals surface area contributed by atoms with Crippen molar-refractivity contribution in [1.29, 1.82) is 0 Å². The van der Waals surface area contributed by atoms with Gasteiger partial charge in [0.2, 0.25) is 0 Å². The van der Waals surface area contributed by atoms with Crippen LogP contribution in [0, 0.1) is 0 Å². The molecule has 0 saturated carbocycles. The highest BCUT2D eigenvalue weighted by Gasteiger charge is 2.22. The first kappa shape index (κ1) is 10.2. The summed E-state index contributed by atoms with van der Waals surface area (Å²) in [5, 5.41) is 3.31. The number of methoxy groups -OCH3 is 1. The van der Waals surface area contributed by atoms with Crippen molar-refractivity contribution in [2.45, 2.75) is 6.04 Å². The standard InChI is InChI=1S/C12H15NO2/c1-9-7-13-12(9)10-3-5-11(6-4-10)15-8-14-2/h3-6,12-13H,1,7-8H2,2H3/t12-/m1/s1. The second kappa shape index (κ2) is 4.47. The first-order valence-electron chi connectivity index (χ1n) is 4.94. The number of hydrogen-bond acceptors (Lipinski definition) is 3. The summed E-state index contributed by atoms with van der Waals surface area (Å²) >= 11 is 0. The first-order chi connectivity index (χ1) is 7.31. The lowest BCUT2D eigenvalue weighted by molar-refractivity contribution is 0.0511. The molecule has 1 saturated heterocycles. The average molecular weight is 205 g/mol. The smallest absolute Gasteiger partial charge is 0.188 e. The Morgan fingerprint density at radius 1 is 1.40 bits per heavy atom. The van der Waals surface area contributed by atoms with Crippen LogP contribution in [0.4, 0.5) is 0 Å². The second-order valence-corrected chi connectivity index (χ2v) is 3.59. The summed E-state index contributed by atoms with van der Waals surface area (Å²) in [6.07, 6.45) is 0. The molecule has 15 heavy (non-hydrogen) atoms. The number of rotatable bonds is 4. The van der Waals surface area contributed by atoms with Crippen LogP contribution in [0.5, 0.6) is 5.75 Å². The minimum Gasteiger partial charge on any atom is -0.468 e. The lowest BCUT2D eigenvalue weighted by Gasteiger charge is -2.31. The number of benzene rings is 1. The van der Waals surface area contributed by atoms with Gasteiger partial charge in [-0.2, -0.15) is 0 Å². The molecule has 0 unspecified atom stereocenters. The molecule has 1 N–H and O–H groups in total. The third-order valence-corrected chi connectivity index (χ3v) is 2.50. The topological polar surface area (TPSA) is 30.5 Å². The van der Waals surface area contributed by atoms with Gasteiger partial charge in [0.25, 0.3) is 0 Å². The van der Waals surface area contributed by atoms with E-state index in [2.05, 4.69) is 11.9 Å². The van der Waals surface area contributed by atoms with Crippen LogP contribution in [0.2, 0.25) is 0 Å². The molecule has 1 aromatic carbocycles. The van der Waals surface area contributed by atoms with Crippen LogP contribution < -0.4 is 10.1 Å². The van der Waals surface area contributed by atoms with Crippen LogP contribution >= 0.6 is 0 Å². The van der Waals surface area contributed by atoms with E-state index in [4.69, 9.17) is 9.47 Å². The summed E-state index contributed by atoms with van der Waals surface area (Å²) in [7, 11) is 1.61. The van der Waals surface area contributed by atoms with Gasteiger partial charge in [0.05, 0.1) is 6.04 Å². The van der Waals surface area contributed by atoms with Crippen LogP contribution in [0.1, 0.15) is 11.6 Å². The Kier molecular flexibility index (Phi) is 3.04. The number of ether oxygens (including phenoxy) is 2. The van der Waals surface area contributed by atoms with Gasteiger partial charge in [0, 0.05) is 13.7 Å². The van der Waals surface area contributed by atoms with E-state index in [0.29, 0.717) is 6.04 Å². The summed E-state index contributed by atoms with van der Waals surface area (Å²) in [5.41, 5.74) is 2.47. The van der Waals surface area contributed by atoms with E-state index >= 15 is 0 Å². The van der Waals surface area contributed by atoms with Crippen LogP contribution in [-0.2, 0) is 4.74 Å². The molecule has 2 rings (SSSR count). The van der Waals surface area contributed by atoms with Crippen molar-refractivity contribution in [3.8, 4) is 5.75 Å². The molecule has 1 heterocycles. The fraction of sp³-hybridized carbons (Fsp3) is 0.333. The Hall–Kier alpha value is -1.32. The summed E-state index contributed by atoms with van der Waals surface area (Å²) in [5.74, 6) is 0.825. The van der Waals surface area contributed by atoms with Gasteiger partial charge in [-0.05, 0) is 23.3 Å². The van der Waals surface area contributed by atoms with E-state index in [1.165, 1.54) is 11.1 Å². The van der Waals surface area contributed by atoms with E-state index in [1.54, 1.807) is 7.11 Å². The van der Waals surface area contributed by atoms with Crippen LogP contribution in [0.3, 0.4) is 0 Å². The predicted molar refractivity (Wildman–Crippen MR) is 58.8 cm³/mol. The molecule has 1 atom stereocenters. The molecule has 1 aliphatic rings. The maximum absolute atomic E-state index is 5.30. The largest absolute Gasteiger partial charge is 0.468 e. The van der Waals surface area contributed by atoms with Crippen molar-refractivity contribution in [2.75, 3.05) is 20.4 Å². The fourth-order valence-electron chi connectivity index (χ4n) is 1.59. The summed E-state index contributed by atoms with van der Waals surface area (Å²) in [4.78, 5) is 0. The molecule has 0 spiro atoms. The van der Waals surface area contributed by atoms with Crippen molar-refractivity contribution in [3.63, 3.8) is 0 Å². The van der Waals surface area contributed by atoms with E-state index in [1.807, 2.05) is 24.3 Å². The van der Waals surface area contributed by atoms with E-state index < -0.39 is 0 Å². The van der Waals surface area contributed by atoms with Crippen molar-refractivity contribution >= 4 is 0 Å². The van der Waals surface area contributed by atoms with Crippen LogP contribution in [0.15, 0.2) is 36.4 Å². The quantitative estimate of drug-likeness (QED) is 0.601. The molecule has 80 valence electrons. The van der Waals surface area contributed by atoms with Gasteiger partial charge in [-0.1, -0.05) is 18.7 Å². The molecule has 0 amide bonds. The predicted octanol–water partition coefficient (Wildman–Crippen LogP) is 1.87. The molecule has 3 nitrogen and oxygen atoms in total. The molecule has 3 heteroatoms. The van der Waals surface area contributed by atoms with Crippen LogP contribution in [0.25, 0.3) is 0 Å². The van der Waals surface area contributed by atoms with Gasteiger partial charge in [-0.3, -0.25) is 0 Å². The van der Waals surface area contributed by atoms with E-state index in [0.717, 1.165) is 12.3 Å². The summed E-state index contributed by atoms with van der Waals surface area (Å²) in [6, 6.07) is 8.31. The molecule has 0 radical (unpaired) electrons. The molecular weight excluding hydrogens is 190 g/mol. The SMILES string of the molecule is C=C1CN[C@H]1c1ccc(OCOC)cc1. The molecule has 0 aromatic heterocycles. The molecule has 0 aliphatic carbocycles. The summed E-state index contributed by atoms with van der Waals surface area (Å²) < 4.78 is 10.1. The minimum absolute atomic E-state index is 0.285. The normalized spacial score (nSPS) is 19.8. The molecule has 1 aromatic rings. The molecular formula is C12H15NO2. The Balaban J connectivity index is 2.00. The molecule has 0 bridgehead atoms. The molecule has 1 fully saturated rings. The van der Waals surface area contributed by atoms with E-state index in [9.17, 15) is 0 Å². The Morgan fingerprint density at radius 3 is 2.60 bits per heavy atom. The minimum atomic E-state index is 0.285. The van der Waals surface area contributed by atoms with Gasteiger partial charge in [0.1, 0.15) is 5.75 Å².